The fraction of sp³-hybridized carbons (Fsp3) is 0.700. The first-order chi connectivity index (χ1) is 8.01. The molecule has 0 bridgehead atoms. The second-order valence-corrected chi connectivity index (χ2v) is 3.76. The van der Waals surface area contributed by atoms with Crippen LogP contribution >= 0.6 is 0 Å². The average molecular weight is 247 g/mol. The van der Waals surface area contributed by atoms with E-state index in [0.29, 0.717) is 0 Å². The van der Waals surface area contributed by atoms with E-state index in [0.717, 1.165) is 0 Å². The second-order valence-electron chi connectivity index (χ2n) is 3.76. The quantitative estimate of drug-likeness (QED) is 0.351. The van der Waals surface area contributed by atoms with Crippen LogP contribution in [0, 0.1) is 0 Å². The molecule has 0 aromatic heterocycles. The molecule has 98 valence electrons. The molecular weight excluding hydrogens is 230 g/mol. The smallest absolute Gasteiger partial charge is 0.244 e. The lowest BCUT2D eigenvalue weighted by Crippen LogP contribution is -2.64. The summed E-state index contributed by atoms with van der Waals surface area (Å²) < 4.78 is 4.87. The van der Waals surface area contributed by atoms with Crippen LogP contribution in [0.4, 0.5) is 0 Å². The Balaban J connectivity index is 2.69. The number of ether oxygens (including phenoxy) is 1. The normalized spacial score (nSPS) is 38.3. The van der Waals surface area contributed by atoms with E-state index in [9.17, 15) is 20.1 Å². The Bertz CT molecular complexity index is 295. The largest absolute Gasteiger partial charge is 0.394 e. The van der Waals surface area contributed by atoms with Crippen molar-refractivity contribution < 1.29 is 30.0 Å². The summed E-state index contributed by atoms with van der Waals surface area (Å²) >= 11 is 0. The maximum atomic E-state index is 11.3. The van der Waals surface area contributed by atoms with Crippen LogP contribution in [0.3, 0.4) is 0 Å². The summed E-state index contributed by atoms with van der Waals surface area (Å²) in [5.41, 5.74) is 0. The third-order valence-corrected chi connectivity index (χ3v) is 2.53. The predicted molar refractivity (Wildman–Crippen MR) is 56.7 cm³/mol. The molecule has 1 saturated heterocycles. The topological polar surface area (TPSA) is 119 Å². The lowest BCUT2D eigenvalue weighted by Gasteiger charge is -2.40. The molecule has 5 N–H and O–H groups in total. The van der Waals surface area contributed by atoms with Gasteiger partial charge in [-0.3, -0.25) is 4.79 Å². The number of allylic oxidation sites excluding steroid dienone is 1. The molecule has 0 radical (unpaired) electrons. The monoisotopic (exact) mass is 247 g/mol. The molecule has 1 fully saturated rings. The summed E-state index contributed by atoms with van der Waals surface area (Å²) in [6, 6.07) is -1.14. The average Bonchev–Trinajstić information content (AvgIpc) is 2.29. The third-order valence-electron chi connectivity index (χ3n) is 2.53. The molecular formula is C10H17NO6. The van der Waals surface area contributed by atoms with E-state index in [1.165, 1.54) is 12.2 Å². The van der Waals surface area contributed by atoms with Gasteiger partial charge in [-0.2, -0.15) is 0 Å². The Morgan fingerprint density at radius 1 is 1.35 bits per heavy atom. The molecule has 17 heavy (non-hydrogen) atoms. The summed E-state index contributed by atoms with van der Waals surface area (Å²) in [6.45, 7) is 1.10. The van der Waals surface area contributed by atoms with E-state index in [4.69, 9.17) is 9.84 Å². The Kier molecular flexibility index (Phi) is 5.03. The Labute approximate surface area is 98.3 Å². The molecule has 0 spiro atoms. The lowest BCUT2D eigenvalue weighted by molar-refractivity contribution is -0.253. The highest BCUT2D eigenvalue weighted by Gasteiger charge is 2.43. The number of aliphatic hydroxyl groups excluding tert-OH is 4. The van der Waals surface area contributed by atoms with Gasteiger partial charge in [0.05, 0.1) is 6.61 Å². The fourth-order valence-electron chi connectivity index (χ4n) is 1.62. The summed E-state index contributed by atoms with van der Waals surface area (Å²) in [7, 11) is 0. The molecule has 7 heteroatoms. The van der Waals surface area contributed by atoms with Crippen molar-refractivity contribution in [1.29, 1.82) is 0 Å². The number of rotatable bonds is 3. The molecule has 0 aliphatic carbocycles. The number of hydrogen-bond acceptors (Lipinski definition) is 6. The van der Waals surface area contributed by atoms with Gasteiger partial charge in [-0.15, -0.1) is 0 Å². The van der Waals surface area contributed by atoms with E-state index in [1.54, 1.807) is 6.92 Å². The molecule has 1 aliphatic rings. The van der Waals surface area contributed by atoms with Gasteiger partial charge in [-0.1, -0.05) is 6.08 Å². The van der Waals surface area contributed by atoms with E-state index in [-0.39, 0.29) is 0 Å². The molecule has 1 amide bonds. The zero-order valence-electron chi connectivity index (χ0n) is 9.35. The third kappa shape index (κ3) is 3.24. The first-order valence-electron chi connectivity index (χ1n) is 5.25. The minimum Gasteiger partial charge on any atom is -0.394 e. The van der Waals surface area contributed by atoms with Crippen molar-refractivity contribution in [2.75, 3.05) is 6.61 Å². The van der Waals surface area contributed by atoms with E-state index < -0.39 is 43.2 Å². The lowest BCUT2D eigenvalue weighted by atomic mass is 9.97. The van der Waals surface area contributed by atoms with Crippen LogP contribution in [-0.2, 0) is 9.53 Å². The second kappa shape index (κ2) is 6.08. The highest BCUT2D eigenvalue weighted by atomic mass is 16.6. The van der Waals surface area contributed by atoms with Crippen molar-refractivity contribution in [3.05, 3.63) is 12.2 Å². The Morgan fingerprint density at radius 3 is 2.53 bits per heavy atom. The van der Waals surface area contributed by atoms with Crippen molar-refractivity contribution >= 4 is 5.91 Å². The van der Waals surface area contributed by atoms with Crippen LogP contribution in [0.25, 0.3) is 0 Å². The van der Waals surface area contributed by atoms with E-state index >= 15 is 0 Å². The Hall–Kier alpha value is -0.990. The van der Waals surface area contributed by atoms with E-state index in [2.05, 4.69) is 5.32 Å². The molecule has 5 atom stereocenters. The summed E-state index contributed by atoms with van der Waals surface area (Å²) in [6.07, 6.45) is -2.65. The molecule has 0 aromatic rings. The van der Waals surface area contributed by atoms with Crippen LogP contribution in [0.2, 0.25) is 0 Å². The van der Waals surface area contributed by atoms with Gasteiger partial charge in [-0.25, -0.2) is 0 Å². The van der Waals surface area contributed by atoms with Gasteiger partial charge in [0.15, 0.2) is 6.29 Å². The van der Waals surface area contributed by atoms with Crippen molar-refractivity contribution in [3.8, 4) is 0 Å². The molecule has 7 nitrogen and oxygen atoms in total. The van der Waals surface area contributed by atoms with Crippen LogP contribution in [0.15, 0.2) is 12.2 Å². The first kappa shape index (κ1) is 14.1. The number of carbonyl (C=O) groups excluding carboxylic acids is 1. The van der Waals surface area contributed by atoms with Gasteiger partial charge < -0.3 is 30.5 Å². The van der Waals surface area contributed by atoms with Crippen molar-refractivity contribution in [2.24, 2.45) is 0 Å². The zero-order valence-corrected chi connectivity index (χ0v) is 9.35. The van der Waals surface area contributed by atoms with Crippen LogP contribution in [0.1, 0.15) is 6.92 Å². The van der Waals surface area contributed by atoms with Crippen LogP contribution in [-0.4, -0.2) is 63.6 Å². The summed E-state index contributed by atoms with van der Waals surface area (Å²) in [4.78, 5) is 11.3. The maximum absolute atomic E-state index is 11.3. The van der Waals surface area contributed by atoms with Gasteiger partial charge in [0.2, 0.25) is 5.91 Å². The predicted octanol–water partition coefficient (Wildman–Crippen LogP) is -2.52. The minimum absolute atomic E-state index is 0.520. The number of aliphatic hydroxyl groups is 4. The highest BCUT2D eigenvalue weighted by molar-refractivity contribution is 5.87. The summed E-state index contributed by atoms with van der Waals surface area (Å²) in [5, 5.41) is 39.9. The fourth-order valence-corrected chi connectivity index (χ4v) is 1.62. The van der Waals surface area contributed by atoms with E-state index in [1.807, 2.05) is 0 Å². The highest BCUT2D eigenvalue weighted by Crippen LogP contribution is 2.19. The van der Waals surface area contributed by atoms with Crippen molar-refractivity contribution in [1.82, 2.24) is 5.32 Å². The maximum Gasteiger partial charge on any atom is 0.244 e. The number of carbonyl (C=O) groups is 1. The zero-order chi connectivity index (χ0) is 13.0. The van der Waals surface area contributed by atoms with Crippen molar-refractivity contribution in [3.63, 3.8) is 0 Å². The van der Waals surface area contributed by atoms with Gasteiger partial charge in [0, 0.05) is 0 Å². The van der Waals surface area contributed by atoms with Crippen LogP contribution < -0.4 is 5.32 Å². The molecule has 1 rings (SSSR count). The molecule has 1 aliphatic heterocycles. The van der Waals surface area contributed by atoms with Crippen molar-refractivity contribution in [2.45, 2.75) is 37.6 Å². The molecule has 0 saturated carbocycles. The molecule has 1 heterocycles. The van der Waals surface area contributed by atoms with Crippen LogP contribution in [0.5, 0.6) is 0 Å². The molecule has 1 unspecified atom stereocenters. The number of amides is 1. The minimum atomic E-state index is -1.49. The first-order valence-corrected chi connectivity index (χ1v) is 5.25. The number of nitrogens with one attached hydrogen (secondary N) is 1. The standard InChI is InChI=1S/C10H17NO6/c1-2-3-6(13)11-7-9(15)8(14)5(4-12)17-10(7)16/h2-3,5,7-10,12,14-16H,4H2,1H3,(H,11,13)/b3-2+/t5-,7+,8-,9-,10?/m1/s1. The Morgan fingerprint density at radius 2 is 2.00 bits per heavy atom. The summed E-state index contributed by atoms with van der Waals surface area (Å²) in [5.74, 6) is -0.520. The molecule has 0 aromatic carbocycles. The van der Waals surface area contributed by atoms with Gasteiger partial charge >= 0.3 is 0 Å². The van der Waals surface area contributed by atoms with Gasteiger partial charge in [0.1, 0.15) is 24.4 Å². The van der Waals surface area contributed by atoms with Gasteiger partial charge in [-0.05, 0) is 13.0 Å². The SMILES string of the molecule is C/C=C/C(=O)N[C@@H]1C(O)O[C@H](CO)[C@@H](O)[C@@H]1O. The van der Waals surface area contributed by atoms with Gasteiger partial charge in [0.25, 0.3) is 0 Å². The number of hydrogen-bond donors (Lipinski definition) is 5.